The predicted molar refractivity (Wildman–Crippen MR) is 126 cm³/mol. The Balaban J connectivity index is 1.23. The number of ether oxygens (including phenoxy) is 1. The lowest BCUT2D eigenvalue weighted by molar-refractivity contribution is -0.142. The zero-order valence-electron chi connectivity index (χ0n) is 19.6. The second-order valence-electron chi connectivity index (χ2n) is 9.77. The van der Waals surface area contributed by atoms with Gasteiger partial charge in [0.1, 0.15) is 11.8 Å². The normalized spacial score (nSPS) is 27.9. The number of hydrogen-bond donors (Lipinski definition) is 1. The highest BCUT2D eigenvalue weighted by Gasteiger charge is 2.44. The SMILES string of the molecule is N#CC1CN(S(=O)(=O)N2CCC[C@H](C(=O)N3CCC[C@@H]3C(=O)N[C@@H]3CCOc4ccccc43)C2)C1. The van der Waals surface area contributed by atoms with E-state index in [0.717, 1.165) is 17.7 Å². The molecule has 5 rings (SSSR count). The quantitative estimate of drug-likeness (QED) is 0.643. The van der Waals surface area contributed by atoms with E-state index < -0.39 is 22.2 Å². The van der Waals surface area contributed by atoms with Crippen LogP contribution in [0.3, 0.4) is 0 Å². The van der Waals surface area contributed by atoms with Gasteiger partial charge in [0.15, 0.2) is 0 Å². The summed E-state index contributed by atoms with van der Waals surface area (Å²) in [4.78, 5) is 28.4. The van der Waals surface area contributed by atoms with E-state index in [1.165, 1.54) is 8.61 Å². The number of para-hydroxylation sites is 1. The fraction of sp³-hybridized carbons (Fsp3) is 0.625. The van der Waals surface area contributed by atoms with Gasteiger partial charge in [-0.05, 0) is 31.7 Å². The van der Waals surface area contributed by atoms with Gasteiger partial charge < -0.3 is 15.0 Å². The third-order valence-corrected chi connectivity index (χ3v) is 9.47. The number of carbonyl (C=O) groups is 2. The molecule has 1 N–H and O–H groups in total. The first-order chi connectivity index (χ1) is 16.9. The molecular formula is C24H31N5O5S. The van der Waals surface area contributed by atoms with Crippen LogP contribution in [0.2, 0.25) is 0 Å². The van der Waals surface area contributed by atoms with Crippen LogP contribution in [0.1, 0.15) is 43.7 Å². The summed E-state index contributed by atoms with van der Waals surface area (Å²) >= 11 is 0. The smallest absolute Gasteiger partial charge is 0.282 e. The Hall–Kier alpha value is -2.68. The van der Waals surface area contributed by atoms with Crippen molar-refractivity contribution in [3.05, 3.63) is 29.8 Å². The maximum absolute atomic E-state index is 13.5. The summed E-state index contributed by atoms with van der Waals surface area (Å²) in [5, 5.41) is 12.1. The van der Waals surface area contributed by atoms with E-state index >= 15 is 0 Å². The minimum atomic E-state index is -3.68. The van der Waals surface area contributed by atoms with E-state index in [-0.39, 0.29) is 43.4 Å². The molecule has 4 aliphatic rings. The van der Waals surface area contributed by atoms with Gasteiger partial charge in [0.05, 0.1) is 30.6 Å². The number of rotatable bonds is 5. The summed E-state index contributed by atoms with van der Waals surface area (Å²) in [7, 11) is -3.68. The Morgan fingerprint density at radius 3 is 2.60 bits per heavy atom. The zero-order chi connectivity index (χ0) is 24.6. The third-order valence-electron chi connectivity index (χ3n) is 7.53. The number of fused-ring (bicyclic) bond motifs is 1. The lowest BCUT2D eigenvalue weighted by atomic mass is 9.97. The van der Waals surface area contributed by atoms with Gasteiger partial charge in [-0.2, -0.15) is 22.3 Å². The Morgan fingerprint density at radius 2 is 1.80 bits per heavy atom. The highest BCUT2D eigenvalue weighted by Crippen LogP contribution is 2.33. The third kappa shape index (κ3) is 4.62. The van der Waals surface area contributed by atoms with Gasteiger partial charge in [-0.25, -0.2) is 0 Å². The summed E-state index contributed by atoms with van der Waals surface area (Å²) in [6, 6.07) is 9.05. The molecule has 2 amide bonds. The van der Waals surface area contributed by atoms with Crippen LogP contribution in [-0.4, -0.2) is 79.1 Å². The van der Waals surface area contributed by atoms with Crippen molar-refractivity contribution >= 4 is 22.0 Å². The first-order valence-corrected chi connectivity index (χ1v) is 13.8. The molecular weight excluding hydrogens is 470 g/mol. The van der Waals surface area contributed by atoms with E-state index in [0.29, 0.717) is 45.4 Å². The predicted octanol–water partition coefficient (Wildman–Crippen LogP) is 1.03. The number of likely N-dealkylation sites (tertiary alicyclic amines) is 1. The first-order valence-electron chi connectivity index (χ1n) is 12.4. The molecule has 0 bridgehead atoms. The minimum Gasteiger partial charge on any atom is -0.493 e. The van der Waals surface area contributed by atoms with Crippen LogP contribution in [0, 0.1) is 23.2 Å². The lowest BCUT2D eigenvalue weighted by Crippen LogP contribution is -2.57. The van der Waals surface area contributed by atoms with E-state index in [2.05, 4.69) is 11.4 Å². The van der Waals surface area contributed by atoms with Gasteiger partial charge in [0.25, 0.3) is 10.2 Å². The largest absolute Gasteiger partial charge is 0.493 e. The lowest BCUT2D eigenvalue weighted by Gasteiger charge is -2.41. The average Bonchev–Trinajstić information content (AvgIpc) is 3.33. The molecule has 35 heavy (non-hydrogen) atoms. The van der Waals surface area contributed by atoms with E-state index in [9.17, 15) is 18.0 Å². The van der Waals surface area contributed by atoms with Crippen molar-refractivity contribution in [3.63, 3.8) is 0 Å². The summed E-state index contributed by atoms with van der Waals surface area (Å²) in [6.45, 7) is 1.92. The molecule has 0 saturated carbocycles. The van der Waals surface area contributed by atoms with Crippen LogP contribution < -0.4 is 10.1 Å². The van der Waals surface area contributed by atoms with Gasteiger partial charge in [-0.15, -0.1) is 0 Å². The maximum atomic E-state index is 13.5. The number of hydrogen-bond acceptors (Lipinski definition) is 6. The molecule has 0 spiro atoms. The second kappa shape index (κ2) is 9.76. The number of nitriles is 1. The number of nitrogens with one attached hydrogen (secondary N) is 1. The molecule has 188 valence electrons. The van der Waals surface area contributed by atoms with Crippen LogP contribution in [-0.2, 0) is 19.8 Å². The van der Waals surface area contributed by atoms with Crippen LogP contribution in [0.5, 0.6) is 5.75 Å². The van der Waals surface area contributed by atoms with Crippen molar-refractivity contribution in [2.24, 2.45) is 11.8 Å². The topological polar surface area (TPSA) is 123 Å². The molecule has 11 heteroatoms. The molecule has 0 unspecified atom stereocenters. The van der Waals surface area contributed by atoms with Crippen molar-refractivity contribution < 1.29 is 22.7 Å². The summed E-state index contributed by atoms with van der Waals surface area (Å²) < 4.78 is 34.3. The van der Waals surface area contributed by atoms with Gasteiger partial charge >= 0.3 is 0 Å². The molecule has 3 saturated heterocycles. The fourth-order valence-electron chi connectivity index (χ4n) is 5.52. The summed E-state index contributed by atoms with van der Waals surface area (Å²) in [5.74, 6) is -0.271. The molecule has 10 nitrogen and oxygen atoms in total. The highest BCUT2D eigenvalue weighted by atomic mass is 32.2. The fourth-order valence-corrected chi connectivity index (χ4v) is 7.31. The molecule has 4 aliphatic heterocycles. The summed E-state index contributed by atoms with van der Waals surface area (Å²) in [6.07, 6.45) is 3.20. The van der Waals surface area contributed by atoms with Crippen LogP contribution in [0.4, 0.5) is 0 Å². The average molecular weight is 502 g/mol. The first kappa shape index (κ1) is 24.0. The Morgan fingerprint density at radius 1 is 1.03 bits per heavy atom. The molecule has 4 heterocycles. The Labute approximate surface area is 206 Å². The minimum absolute atomic E-state index is 0.118. The molecule has 3 atom stereocenters. The van der Waals surface area contributed by atoms with Crippen molar-refractivity contribution in [1.29, 1.82) is 5.26 Å². The molecule has 0 aromatic heterocycles. The standard InChI is InChI=1S/C24H31N5O5S/c25-13-17-14-28(15-17)35(32,33)27-10-3-5-18(16-27)24(31)29-11-4-7-21(29)23(30)26-20-9-12-34-22-8-2-1-6-19(20)22/h1-2,6,8,17-18,20-21H,3-5,7,9-12,14-16H2,(H,26,30)/t18-,20+,21+/m0/s1. The van der Waals surface area contributed by atoms with Crippen LogP contribution in [0.25, 0.3) is 0 Å². The maximum Gasteiger partial charge on any atom is 0.282 e. The Bertz CT molecular complexity index is 1130. The number of carbonyl (C=O) groups excluding carboxylic acids is 2. The molecule has 1 aromatic carbocycles. The number of piperidine rings is 1. The second-order valence-corrected chi connectivity index (χ2v) is 11.7. The van der Waals surface area contributed by atoms with Gasteiger partial charge in [-0.1, -0.05) is 18.2 Å². The zero-order valence-corrected chi connectivity index (χ0v) is 20.5. The van der Waals surface area contributed by atoms with Crippen molar-refractivity contribution in [2.75, 3.05) is 39.3 Å². The van der Waals surface area contributed by atoms with E-state index in [4.69, 9.17) is 10.00 Å². The Kier molecular flexibility index (Phi) is 6.70. The molecule has 0 aliphatic carbocycles. The number of amides is 2. The molecule has 3 fully saturated rings. The van der Waals surface area contributed by atoms with Crippen LogP contribution in [0.15, 0.2) is 24.3 Å². The van der Waals surface area contributed by atoms with E-state index in [1.807, 2.05) is 24.3 Å². The van der Waals surface area contributed by atoms with Gasteiger partial charge in [0, 0.05) is 44.7 Å². The van der Waals surface area contributed by atoms with E-state index in [1.54, 1.807) is 4.90 Å². The van der Waals surface area contributed by atoms with Crippen molar-refractivity contribution in [3.8, 4) is 11.8 Å². The number of benzene rings is 1. The number of nitrogens with zero attached hydrogens (tertiary/aromatic N) is 4. The molecule has 0 radical (unpaired) electrons. The van der Waals surface area contributed by atoms with Crippen LogP contribution >= 0.6 is 0 Å². The summed E-state index contributed by atoms with van der Waals surface area (Å²) in [5.41, 5.74) is 0.945. The monoisotopic (exact) mass is 501 g/mol. The molecule has 1 aromatic rings. The van der Waals surface area contributed by atoms with Gasteiger partial charge in [0.2, 0.25) is 11.8 Å². The van der Waals surface area contributed by atoms with Crippen molar-refractivity contribution in [2.45, 2.75) is 44.2 Å². The van der Waals surface area contributed by atoms with Crippen molar-refractivity contribution in [1.82, 2.24) is 18.8 Å². The highest BCUT2D eigenvalue weighted by molar-refractivity contribution is 7.86. The van der Waals surface area contributed by atoms with Gasteiger partial charge in [-0.3, -0.25) is 9.59 Å².